The Morgan fingerprint density at radius 1 is 1.24 bits per heavy atom. The van der Waals surface area contributed by atoms with Gasteiger partial charge >= 0.3 is 0 Å². The molecule has 4 rings (SSSR count). The summed E-state index contributed by atoms with van der Waals surface area (Å²) in [7, 11) is -3.36. The fourth-order valence-corrected chi connectivity index (χ4v) is 5.61. The number of halogens is 1. The van der Waals surface area contributed by atoms with Crippen LogP contribution in [0, 0.1) is 0 Å². The van der Waals surface area contributed by atoms with E-state index >= 15 is 0 Å². The van der Waals surface area contributed by atoms with Crippen molar-refractivity contribution in [3.63, 3.8) is 0 Å². The van der Waals surface area contributed by atoms with Crippen LogP contribution in [0.2, 0.25) is 5.02 Å². The molecule has 0 saturated carbocycles. The average Bonchev–Trinajstić information content (AvgIpc) is 3.24. The second kappa shape index (κ2) is 7.44. The number of nitrogens with one attached hydrogen (secondary N) is 1. The SMILES string of the molecule is CC1Cc2cc(C(=O)Nc3nc(-c4ccc(Cl)cc4)cs3)ccc2N1S(C)(=O)=O. The summed E-state index contributed by atoms with van der Waals surface area (Å²) in [6, 6.07) is 12.2. The molecule has 1 N–H and O–H groups in total. The highest BCUT2D eigenvalue weighted by Crippen LogP contribution is 2.35. The molecule has 2 heterocycles. The summed E-state index contributed by atoms with van der Waals surface area (Å²) in [5.41, 5.74) is 3.62. The van der Waals surface area contributed by atoms with Gasteiger partial charge in [0.1, 0.15) is 0 Å². The second-order valence-corrected chi connectivity index (χ2v) is 10.1. The lowest BCUT2D eigenvalue weighted by molar-refractivity contribution is 0.102. The number of hydrogen-bond donors (Lipinski definition) is 1. The van der Waals surface area contributed by atoms with E-state index in [9.17, 15) is 13.2 Å². The Balaban J connectivity index is 1.53. The van der Waals surface area contributed by atoms with Crippen molar-refractivity contribution in [1.82, 2.24) is 4.98 Å². The first-order chi connectivity index (χ1) is 13.7. The molecule has 29 heavy (non-hydrogen) atoms. The molecule has 1 unspecified atom stereocenters. The largest absolute Gasteiger partial charge is 0.298 e. The van der Waals surface area contributed by atoms with Crippen LogP contribution >= 0.6 is 22.9 Å². The molecule has 9 heteroatoms. The Morgan fingerprint density at radius 2 is 1.97 bits per heavy atom. The highest BCUT2D eigenvalue weighted by Gasteiger charge is 2.32. The van der Waals surface area contributed by atoms with Crippen molar-refractivity contribution in [2.75, 3.05) is 15.9 Å². The van der Waals surface area contributed by atoms with Crippen LogP contribution in [0.3, 0.4) is 0 Å². The van der Waals surface area contributed by atoms with Gasteiger partial charge in [-0.1, -0.05) is 23.7 Å². The molecule has 1 atom stereocenters. The fraction of sp³-hybridized carbons (Fsp3) is 0.200. The smallest absolute Gasteiger partial charge is 0.257 e. The Bertz CT molecular complexity index is 1190. The lowest BCUT2D eigenvalue weighted by atomic mass is 10.1. The van der Waals surface area contributed by atoms with Crippen molar-refractivity contribution in [2.24, 2.45) is 0 Å². The van der Waals surface area contributed by atoms with Crippen LogP contribution in [0.25, 0.3) is 11.3 Å². The normalized spacial score (nSPS) is 16.0. The highest BCUT2D eigenvalue weighted by atomic mass is 35.5. The molecule has 1 amide bonds. The summed E-state index contributed by atoms with van der Waals surface area (Å²) >= 11 is 7.25. The van der Waals surface area contributed by atoms with E-state index in [0.29, 0.717) is 27.8 Å². The van der Waals surface area contributed by atoms with Crippen LogP contribution in [0.5, 0.6) is 0 Å². The summed E-state index contributed by atoms with van der Waals surface area (Å²) in [5.74, 6) is -0.282. The zero-order valence-electron chi connectivity index (χ0n) is 15.7. The van der Waals surface area contributed by atoms with Gasteiger partial charge in [0.2, 0.25) is 10.0 Å². The van der Waals surface area contributed by atoms with Gasteiger partial charge < -0.3 is 0 Å². The number of benzene rings is 2. The van der Waals surface area contributed by atoms with E-state index in [-0.39, 0.29) is 11.9 Å². The van der Waals surface area contributed by atoms with Crippen LogP contribution in [-0.2, 0) is 16.4 Å². The van der Waals surface area contributed by atoms with Crippen LogP contribution in [0.4, 0.5) is 10.8 Å². The van der Waals surface area contributed by atoms with E-state index in [1.54, 1.807) is 30.3 Å². The molecule has 1 aliphatic heterocycles. The standard InChI is InChI=1S/C20H18ClN3O3S2/c1-12-9-15-10-14(5-8-18(15)24(12)29(2,26)27)19(25)23-20-22-17(11-28-20)13-3-6-16(21)7-4-13/h3-8,10-12H,9H2,1-2H3,(H,22,23,25). The van der Waals surface area contributed by atoms with Gasteiger partial charge in [0.15, 0.2) is 5.13 Å². The number of carbonyl (C=O) groups is 1. The molecule has 0 radical (unpaired) electrons. The molecule has 3 aromatic rings. The van der Waals surface area contributed by atoms with Crippen LogP contribution in [0.1, 0.15) is 22.8 Å². The van der Waals surface area contributed by atoms with Crippen LogP contribution in [0.15, 0.2) is 47.8 Å². The van der Waals surface area contributed by atoms with Gasteiger partial charge in [0, 0.05) is 27.6 Å². The Kier molecular flexibility index (Phi) is 5.10. The quantitative estimate of drug-likeness (QED) is 0.641. The predicted octanol–water partition coefficient (Wildman–Crippen LogP) is 4.43. The minimum atomic E-state index is -3.36. The van der Waals surface area contributed by atoms with Gasteiger partial charge in [0.25, 0.3) is 5.91 Å². The first kappa shape index (κ1) is 19.9. The van der Waals surface area contributed by atoms with Gasteiger partial charge in [-0.05, 0) is 49.2 Å². The summed E-state index contributed by atoms with van der Waals surface area (Å²) in [6.07, 6.45) is 1.77. The maximum atomic E-state index is 12.7. The Hall–Kier alpha value is -2.42. The number of nitrogens with zero attached hydrogens (tertiary/aromatic N) is 2. The van der Waals surface area contributed by atoms with Crippen molar-refractivity contribution in [3.8, 4) is 11.3 Å². The topological polar surface area (TPSA) is 79.4 Å². The number of amides is 1. The maximum absolute atomic E-state index is 12.7. The van der Waals surface area contributed by atoms with E-state index in [0.717, 1.165) is 16.8 Å². The number of hydrogen-bond acceptors (Lipinski definition) is 5. The Morgan fingerprint density at radius 3 is 2.66 bits per heavy atom. The van der Waals surface area contributed by atoms with Crippen molar-refractivity contribution in [2.45, 2.75) is 19.4 Å². The third-order valence-corrected chi connectivity index (χ3v) is 7.00. The van der Waals surface area contributed by atoms with Gasteiger partial charge in [-0.2, -0.15) is 0 Å². The number of fused-ring (bicyclic) bond motifs is 1. The van der Waals surface area contributed by atoms with Crippen LogP contribution in [-0.4, -0.2) is 31.6 Å². The minimum absolute atomic E-state index is 0.167. The molecular weight excluding hydrogens is 430 g/mol. The maximum Gasteiger partial charge on any atom is 0.257 e. The second-order valence-electron chi connectivity index (χ2n) is 6.95. The highest BCUT2D eigenvalue weighted by molar-refractivity contribution is 7.92. The molecule has 1 aromatic heterocycles. The summed E-state index contributed by atoms with van der Waals surface area (Å²) in [4.78, 5) is 17.1. The molecule has 0 spiro atoms. The minimum Gasteiger partial charge on any atom is -0.298 e. The van der Waals surface area contributed by atoms with E-state index in [2.05, 4.69) is 10.3 Å². The molecule has 6 nitrogen and oxygen atoms in total. The zero-order valence-corrected chi connectivity index (χ0v) is 18.1. The third-order valence-electron chi connectivity index (χ3n) is 4.72. The molecule has 2 aromatic carbocycles. The van der Waals surface area contributed by atoms with Crippen molar-refractivity contribution in [3.05, 3.63) is 64.0 Å². The number of aromatic nitrogens is 1. The lowest BCUT2D eigenvalue weighted by Crippen LogP contribution is -2.34. The Labute approximate surface area is 178 Å². The molecule has 0 saturated heterocycles. The van der Waals surface area contributed by atoms with Gasteiger partial charge in [-0.3, -0.25) is 14.4 Å². The summed E-state index contributed by atoms with van der Waals surface area (Å²) < 4.78 is 25.5. The summed E-state index contributed by atoms with van der Waals surface area (Å²) in [5, 5.41) is 5.83. The lowest BCUT2D eigenvalue weighted by Gasteiger charge is -2.21. The molecule has 0 fully saturated rings. The molecule has 0 bridgehead atoms. The fourth-order valence-electron chi connectivity index (χ4n) is 3.50. The number of anilines is 2. The van der Waals surface area contributed by atoms with Gasteiger partial charge in [0.05, 0.1) is 17.6 Å². The molecule has 1 aliphatic rings. The number of rotatable bonds is 4. The number of thiazole rings is 1. The van der Waals surface area contributed by atoms with Crippen molar-refractivity contribution < 1.29 is 13.2 Å². The van der Waals surface area contributed by atoms with Crippen molar-refractivity contribution in [1.29, 1.82) is 0 Å². The van der Waals surface area contributed by atoms with Gasteiger partial charge in [-0.15, -0.1) is 11.3 Å². The zero-order chi connectivity index (χ0) is 20.8. The summed E-state index contributed by atoms with van der Waals surface area (Å²) in [6.45, 7) is 1.86. The van der Waals surface area contributed by atoms with Crippen LogP contribution < -0.4 is 9.62 Å². The van der Waals surface area contributed by atoms with E-state index < -0.39 is 10.0 Å². The van der Waals surface area contributed by atoms with Crippen molar-refractivity contribution >= 4 is 49.7 Å². The first-order valence-electron chi connectivity index (χ1n) is 8.87. The van der Waals surface area contributed by atoms with E-state index in [1.165, 1.54) is 21.9 Å². The van der Waals surface area contributed by atoms with E-state index in [4.69, 9.17) is 11.6 Å². The first-order valence-corrected chi connectivity index (χ1v) is 12.0. The number of carbonyl (C=O) groups excluding carboxylic acids is 1. The van der Waals surface area contributed by atoms with Gasteiger partial charge in [-0.25, -0.2) is 13.4 Å². The molecule has 0 aliphatic carbocycles. The number of sulfonamides is 1. The third kappa shape index (κ3) is 4.01. The van der Waals surface area contributed by atoms with E-state index in [1.807, 2.05) is 24.4 Å². The molecule has 150 valence electrons. The monoisotopic (exact) mass is 447 g/mol. The average molecular weight is 448 g/mol. The molecular formula is C20H18ClN3O3S2. The predicted molar refractivity (Wildman–Crippen MR) is 117 cm³/mol.